The van der Waals surface area contributed by atoms with E-state index in [9.17, 15) is 14.9 Å². The summed E-state index contributed by atoms with van der Waals surface area (Å²) in [7, 11) is 0. The van der Waals surface area contributed by atoms with Crippen LogP contribution in [0.5, 0.6) is 0 Å². The molecule has 1 aromatic heterocycles. The molecule has 2 aromatic rings. The normalized spacial score (nSPS) is 15.3. The van der Waals surface area contributed by atoms with E-state index in [4.69, 9.17) is 0 Å². The molecule has 1 fully saturated rings. The number of aromatic nitrogens is 2. The van der Waals surface area contributed by atoms with Gasteiger partial charge in [-0.1, -0.05) is 30.3 Å². The second-order valence-corrected chi connectivity index (χ2v) is 6.46. The molecule has 0 N–H and O–H groups in total. The van der Waals surface area contributed by atoms with E-state index in [-0.39, 0.29) is 11.7 Å². The number of piperidine rings is 1. The highest BCUT2D eigenvalue weighted by Gasteiger charge is 2.23. The standard InChI is InChI=1S/C18H22N4O3/c23-18(9-13-21-12-8-17(19-21)22(24)25)20-10-6-16(7-11-20)14-15-4-2-1-3-5-15/h1-5,8,12,16H,6-7,9-11,13-14H2. The van der Waals surface area contributed by atoms with Gasteiger partial charge in [-0.15, -0.1) is 0 Å². The van der Waals surface area contributed by atoms with Gasteiger partial charge in [-0.05, 0) is 35.7 Å². The molecule has 132 valence electrons. The first-order chi connectivity index (χ1) is 12.1. The summed E-state index contributed by atoms with van der Waals surface area (Å²) >= 11 is 0. The van der Waals surface area contributed by atoms with Crippen LogP contribution in [0.15, 0.2) is 42.6 Å². The Labute approximate surface area is 146 Å². The van der Waals surface area contributed by atoms with Gasteiger partial charge in [0.2, 0.25) is 5.91 Å². The zero-order chi connectivity index (χ0) is 17.6. The van der Waals surface area contributed by atoms with Crippen LogP contribution in [0, 0.1) is 16.0 Å². The van der Waals surface area contributed by atoms with Gasteiger partial charge in [0.05, 0.1) is 23.9 Å². The van der Waals surface area contributed by atoms with Gasteiger partial charge < -0.3 is 15.0 Å². The van der Waals surface area contributed by atoms with Crippen molar-refractivity contribution < 1.29 is 9.72 Å². The van der Waals surface area contributed by atoms with Crippen LogP contribution in [0.1, 0.15) is 24.8 Å². The van der Waals surface area contributed by atoms with Crippen LogP contribution in [-0.4, -0.2) is 38.6 Å². The summed E-state index contributed by atoms with van der Waals surface area (Å²) in [5.41, 5.74) is 1.35. The lowest BCUT2D eigenvalue weighted by Crippen LogP contribution is -2.39. The summed E-state index contributed by atoms with van der Waals surface area (Å²) in [4.78, 5) is 24.3. The Kier molecular flexibility index (Phi) is 5.42. The number of benzene rings is 1. The van der Waals surface area contributed by atoms with Crippen LogP contribution in [0.25, 0.3) is 0 Å². The molecule has 0 atom stereocenters. The second-order valence-electron chi connectivity index (χ2n) is 6.46. The van der Waals surface area contributed by atoms with E-state index in [1.807, 2.05) is 11.0 Å². The van der Waals surface area contributed by atoms with Gasteiger partial charge in [-0.2, -0.15) is 4.68 Å². The van der Waals surface area contributed by atoms with Crippen LogP contribution in [0.3, 0.4) is 0 Å². The second kappa shape index (κ2) is 7.92. The molecule has 3 rings (SSSR count). The van der Waals surface area contributed by atoms with Gasteiger partial charge in [0.1, 0.15) is 0 Å². The van der Waals surface area contributed by atoms with Gasteiger partial charge in [-0.25, -0.2) is 0 Å². The molecule has 1 aliphatic rings. The van der Waals surface area contributed by atoms with Crippen molar-refractivity contribution in [3.63, 3.8) is 0 Å². The number of aryl methyl sites for hydroxylation is 1. The molecule has 0 aliphatic carbocycles. The van der Waals surface area contributed by atoms with Crippen molar-refractivity contribution in [3.05, 3.63) is 58.3 Å². The monoisotopic (exact) mass is 342 g/mol. The lowest BCUT2D eigenvalue weighted by Gasteiger charge is -2.32. The summed E-state index contributed by atoms with van der Waals surface area (Å²) in [6, 6.07) is 11.8. The van der Waals surface area contributed by atoms with E-state index in [0.29, 0.717) is 18.9 Å². The third-order valence-electron chi connectivity index (χ3n) is 4.70. The van der Waals surface area contributed by atoms with E-state index in [1.54, 1.807) is 0 Å². The average Bonchev–Trinajstić information content (AvgIpc) is 3.11. The first-order valence-corrected chi connectivity index (χ1v) is 8.61. The maximum Gasteiger partial charge on any atom is 0.389 e. The number of nitro groups is 1. The number of carbonyl (C=O) groups excluding carboxylic acids is 1. The molecule has 25 heavy (non-hydrogen) atoms. The van der Waals surface area contributed by atoms with Gasteiger partial charge in [0, 0.05) is 19.5 Å². The molecule has 7 nitrogen and oxygen atoms in total. The van der Waals surface area contributed by atoms with Crippen molar-refractivity contribution in [1.82, 2.24) is 14.7 Å². The molecule has 2 heterocycles. The molecular weight excluding hydrogens is 320 g/mol. The Morgan fingerprint density at radius 2 is 1.92 bits per heavy atom. The molecule has 1 saturated heterocycles. The summed E-state index contributed by atoms with van der Waals surface area (Å²) in [6.45, 7) is 1.95. The first kappa shape index (κ1) is 17.1. The molecule has 0 saturated carbocycles. The minimum atomic E-state index is -0.532. The fourth-order valence-corrected chi connectivity index (χ4v) is 3.28. The Balaban J connectivity index is 1.42. The van der Waals surface area contributed by atoms with Crippen LogP contribution in [0.2, 0.25) is 0 Å². The highest BCUT2D eigenvalue weighted by molar-refractivity contribution is 5.76. The predicted molar refractivity (Wildman–Crippen MR) is 92.9 cm³/mol. The predicted octanol–water partition coefficient (Wildman–Crippen LogP) is 2.66. The Morgan fingerprint density at radius 1 is 1.20 bits per heavy atom. The Morgan fingerprint density at radius 3 is 2.56 bits per heavy atom. The average molecular weight is 342 g/mol. The van der Waals surface area contributed by atoms with E-state index >= 15 is 0 Å². The van der Waals surface area contributed by atoms with Gasteiger partial charge in [-0.3, -0.25) is 4.79 Å². The van der Waals surface area contributed by atoms with Crippen LogP contribution < -0.4 is 0 Å². The van der Waals surface area contributed by atoms with E-state index in [2.05, 4.69) is 29.4 Å². The van der Waals surface area contributed by atoms with Crippen LogP contribution >= 0.6 is 0 Å². The molecular formula is C18H22N4O3. The molecule has 0 bridgehead atoms. The topological polar surface area (TPSA) is 81.3 Å². The van der Waals surface area contributed by atoms with Crippen molar-refractivity contribution in [3.8, 4) is 0 Å². The molecule has 1 aromatic carbocycles. The zero-order valence-electron chi connectivity index (χ0n) is 14.1. The van der Waals surface area contributed by atoms with E-state index < -0.39 is 4.92 Å². The van der Waals surface area contributed by atoms with Crippen molar-refractivity contribution in [2.24, 2.45) is 5.92 Å². The summed E-state index contributed by atoms with van der Waals surface area (Å²) in [5, 5.41) is 14.4. The molecule has 0 unspecified atom stereocenters. The zero-order valence-corrected chi connectivity index (χ0v) is 14.1. The Hall–Kier alpha value is -2.70. The van der Waals surface area contributed by atoms with Crippen molar-refractivity contribution >= 4 is 11.7 Å². The molecule has 0 radical (unpaired) electrons. The van der Waals surface area contributed by atoms with Crippen molar-refractivity contribution in [2.75, 3.05) is 13.1 Å². The molecule has 1 aliphatic heterocycles. The highest BCUT2D eigenvalue weighted by Crippen LogP contribution is 2.22. The fraction of sp³-hybridized carbons (Fsp3) is 0.444. The van der Waals surface area contributed by atoms with E-state index in [0.717, 1.165) is 32.4 Å². The number of likely N-dealkylation sites (tertiary alicyclic amines) is 1. The van der Waals surface area contributed by atoms with Crippen molar-refractivity contribution in [2.45, 2.75) is 32.2 Å². The third kappa shape index (κ3) is 4.65. The van der Waals surface area contributed by atoms with Crippen LogP contribution in [-0.2, 0) is 17.8 Å². The maximum atomic E-state index is 12.3. The summed E-state index contributed by atoms with van der Waals surface area (Å²) in [6.07, 6.45) is 4.97. The number of rotatable bonds is 6. The number of hydrogen-bond donors (Lipinski definition) is 0. The summed E-state index contributed by atoms with van der Waals surface area (Å²) < 4.78 is 1.46. The Bertz CT molecular complexity index is 721. The lowest BCUT2D eigenvalue weighted by molar-refractivity contribution is -0.389. The number of nitrogens with zero attached hydrogens (tertiary/aromatic N) is 4. The summed E-state index contributed by atoms with van der Waals surface area (Å²) in [5.74, 6) is 0.533. The van der Waals surface area contributed by atoms with Gasteiger partial charge in [0.15, 0.2) is 0 Å². The number of hydrogen-bond acceptors (Lipinski definition) is 4. The molecule has 1 amide bonds. The third-order valence-corrected chi connectivity index (χ3v) is 4.70. The van der Waals surface area contributed by atoms with Gasteiger partial charge >= 0.3 is 5.82 Å². The van der Waals surface area contributed by atoms with E-state index in [1.165, 1.54) is 22.5 Å². The first-order valence-electron chi connectivity index (χ1n) is 8.61. The lowest BCUT2D eigenvalue weighted by atomic mass is 9.90. The smallest absolute Gasteiger partial charge is 0.358 e. The minimum Gasteiger partial charge on any atom is -0.358 e. The fourth-order valence-electron chi connectivity index (χ4n) is 3.28. The quantitative estimate of drug-likeness (QED) is 0.597. The number of amides is 1. The van der Waals surface area contributed by atoms with Crippen molar-refractivity contribution in [1.29, 1.82) is 0 Å². The maximum absolute atomic E-state index is 12.3. The number of carbonyl (C=O) groups is 1. The molecule has 0 spiro atoms. The minimum absolute atomic E-state index is 0.0938. The molecule has 7 heteroatoms. The van der Waals surface area contributed by atoms with Crippen LogP contribution in [0.4, 0.5) is 5.82 Å². The largest absolute Gasteiger partial charge is 0.389 e. The highest BCUT2D eigenvalue weighted by atomic mass is 16.6. The van der Waals surface area contributed by atoms with Gasteiger partial charge in [0.25, 0.3) is 0 Å². The SMILES string of the molecule is O=C(CCn1ccc([N+](=O)[O-])n1)N1CCC(Cc2ccccc2)CC1.